The van der Waals surface area contributed by atoms with Crippen LogP contribution in [0.25, 0.3) is 5.52 Å². The van der Waals surface area contributed by atoms with Crippen LogP contribution >= 0.6 is 11.8 Å². The highest BCUT2D eigenvalue weighted by Crippen LogP contribution is 2.56. The maximum Gasteiger partial charge on any atom is 0.231 e. The summed E-state index contributed by atoms with van der Waals surface area (Å²) in [5.41, 5.74) is 0.443. The molecule has 1 N–H and O–H groups in total. The average molecular weight is 348 g/mol. The number of nitrogens with zero attached hydrogens (tertiary/aromatic N) is 4. The lowest BCUT2D eigenvalue weighted by Crippen LogP contribution is -2.44. The summed E-state index contributed by atoms with van der Waals surface area (Å²) < 4.78 is 13.6. The van der Waals surface area contributed by atoms with Gasteiger partial charge in [0.25, 0.3) is 0 Å². The summed E-state index contributed by atoms with van der Waals surface area (Å²) in [5, 5.41) is 24.7. The Bertz CT molecular complexity index is 804. The SMILES string of the molecule is COC1(c2ccc3c(SC)ncnn23)O[C@H](CO)[C@@H](C)[C@@]1(C)C#N. The maximum atomic E-state index is 9.91. The van der Waals surface area contributed by atoms with Crippen molar-refractivity contribution in [1.29, 1.82) is 5.26 Å². The van der Waals surface area contributed by atoms with Gasteiger partial charge < -0.3 is 14.6 Å². The summed E-state index contributed by atoms with van der Waals surface area (Å²) in [6.07, 6.45) is 2.91. The van der Waals surface area contributed by atoms with Gasteiger partial charge in [-0.3, -0.25) is 0 Å². The molecular formula is C16H20N4O3S. The highest BCUT2D eigenvalue weighted by atomic mass is 32.2. The van der Waals surface area contributed by atoms with Crippen LogP contribution in [0.3, 0.4) is 0 Å². The number of fused-ring (bicyclic) bond motifs is 1. The van der Waals surface area contributed by atoms with Crippen LogP contribution < -0.4 is 0 Å². The topological polar surface area (TPSA) is 92.7 Å². The molecule has 0 saturated carbocycles. The van der Waals surface area contributed by atoms with Gasteiger partial charge in [0, 0.05) is 13.0 Å². The molecule has 1 saturated heterocycles. The van der Waals surface area contributed by atoms with Gasteiger partial charge in [-0.1, -0.05) is 6.92 Å². The molecule has 4 atom stereocenters. The molecule has 128 valence electrons. The molecule has 0 aromatic carbocycles. The molecule has 0 aliphatic carbocycles. The molecule has 1 aliphatic rings. The molecule has 0 amide bonds. The first-order valence-corrected chi connectivity index (χ1v) is 8.83. The summed E-state index contributed by atoms with van der Waals surface area (Å²) in [5.74, 6) is -1.55. The predicted octanol–water partition coefficient (Wildman–Crippen LogP) is 1.81. The van der Waals surface area contributed by atoms with Crippen LogP contribution in [0.1, 0.15) is 19.5 Å². The number of nitriles is 1. The van der Waals surface area contributed by atoms with Crippen LogP contribution in [0.4, 0.5) is 0 Å². The van der Waals surface area contributed by atoms with Crippen molar-refractivity contribution >= 4 is 17.3 Å². The van der Waals surface area contributed by atoms with Crippen LogP contribution in [-0.4, -0.2) is 45.8 Å². The minimum atomic E-state index is -1.33. The largest absolute Gasteiger partial charge is 0.394 e. The van der Waals surface area contributed by atoms with Crippen LogP contribution in [0.15, 0.2) is 23.5 Å². The normalized spacial score (nSPS) is 33.0. The van der Waals surface area contributed by atoms with E-state index in [2.05, 4.69) is 16.2 Å². The van der Waals surface area contributed by atoms with E-state index >= 15 is 0 Å². The van der Waals surface area contributed by atoms with Crippen LogP contribution in [0.2, 0.25) is 0 Å². The van der Waals surface area contributed by atoms with Gasteiger partial charge in [-0.15, -0.1) is 11.8 Å². The number of aliphatic hydroxyl groups is 1. The molecule has 0 spiro atoms. The van der Waals surface area contributed by atoms with Crippen LogP contribution in [0, 0.1) is 22.7 Å². The van der Waals surface area contributed by atoms with Crippen molar-refractivity contribution in [2.75, 3.05) is 20.0 Å². The van der Waals surface area contributed by atoms with Crippen molar-refractivity contribution in [3.8, 4) is 6.07 Å². The van der Waals surface area contributed by atoms with Crippen molar-refractivity contribution in [2.24, 2.45) is 11.3 Å². The third-order valence-electron chi connectivity index (χ3n) is 5.12. The Labute approximate surface area is 144 Å². The highest BCUT2D eigenvalue weighted by molar-refractivity contribution is 7.98. The Kier molecular flexibility index (Phi) is 4.30. The zero-order chi connectivity index (χ0) is 17.5. The molecule has 3 heterocycles. The lowest BCUT2D eigenvalue weighted by atomic mass is 9.72. The summed E-state index contributed by atoms with van der Waals surface area (Å²) in [6.45, 7) is 3.51. The molecule has 1 unspecified atom stereocenters. The molecule has 24 heavy (non-hydrogen) atoms. The van der Waals surface area contributed by atoms with E-state index in [0.29, 0.717) is 5.69 Å². The Balaban J connectivity index is 2.27. The van der Waals surface area contributed by atoms with Gasteiger partial charge in [0.15, 0.2) is 0 Å². The molecule has 3 rings (SSSR count). The van der Waals surface area contributed by atoms with E-state index in [-0.39, 0.29) is 12.5 Å². The molecule has 1 aliphatic heterocycles. The zero-order valence-corrected chi connectivity index (χ0v) is 14.9. The van der Waals surface area contributed by atoms with Crippen LogP contribution in [0.5, 0.6) is 0 Å². The fourth-order valence-corrected chi connectivity index (χ4v) is 4.00. The zero-order valence-electron chi connectivity index (χ0n) is 14.1. The fourth-order valence-electron chi connectivity index (χ4n) is 3.49. The number of aliphatic hydroxyl groups excluding tert-OH is 1. The van der Waals surface area contributed by atoms with Gasteiger partial charge in [0.1, 0.15) is 22.5 Å². The second-order valence-electron chi connectivity index (χ2n) is 6.05. The molecule has 0 radical (unpaired) electrons. The molecular weight excluding hydrogens is 328 g/mol. The van der Waals surface area contributed by atoms with E-state index in [1.807, 2.05) is 25.3 Å². The van der Waals surface area contributed by atoms with E-state index in [1.165, 1.54) is 25.2 Å². The first kappa shape index (κ1) is 17.2. The van der Waals surface area contributed by atoms with Crippen molar-refractivity contribution in [2.45, 2.75) is 30.8 Å². The van der Waals surface area contributed by atoms with Gasteiger partial charge in [-0.05, 0) is 25.3 Å². The van der Waals surface area contributed by atoms with Gasteiger partial charge >= 0.3 is 0 Å². The maximum absolute atomic E-state index is 9.91. The van der Waals surface area contributed by atoms with Crippen molar-refractivity contribution < 1.29 is 14.6 Å². The first-order chi connectivity index (χ1) is 11.5. The quantitative estimate of drug-likeness (QED) is 0.842. The summed E-state index contributed by atoms with van der Waals surface area (Å²) in [7, 11) is 1.51. The molecule has 7 nitrogen and oxygen atoms in total. The second kappa shape index (κ2) is 6.01. The Morgan fingerprint density at radius 2 is 2.29 bits per heavy atom. The lowest BCUT2D eigenvalue weighted by molar-refractivity contribution is -0.258. The Morgan fingerprint density at radius 3 is 2.88 bits per heavy atom. The smallest absolute Gasteiger partial charge is 0.231 e. The predicted molar refractivity (Wildman–Crippen MR) is 88.3 cm³/mol. The van der Waals surface area contributed by atoms with Crippen LogP contribution in [-0.2, 0) is 15.3 Å². The van der Waals surface area contributed by atoms with E-state index in [9.17, 15) is 10.4 Å². The third kappa shape index (κ3) is 2.02. The Hall–Kier alpha value is -1.66. The van der Waals surface area contributed by atoms with Crippen molar-refractivity contribution in [3.63, 3.8) is 0 Å². The number of hydrogen-bond acceptors (Lipinski definition) is 7. The van der Waals surface area contributed by atoms with Gasteiger partial charge in [-0.25, -0.2) is 9.50 Å². The number of ether oxygens (including phenoxy) is 2. The molecule has 8 heteroatoms. The summed E-state index contributed by atoms with van der Waals surface area (Å²) in [4.78, 5) is 4.26. The number of rotatable bonds is 4. The van der Waals surface area contributed by atoms with E-state index in [1.54, 1.807) is 11.4 Å². The second-order valence-corrected chi connectivity index (χ2v) is 6.84. The summed E-state index contributed by atoms with van der Waals surface area (Å²) in [6, 6.07) is 6.09. The van der Waals surface area contributed by atoms with Gasteiger partial charge in [0.05, 0.1) is 24.3 Å². The van der Waals surface area contributed by atoms with Crippen molar-refractivity contribution in [3.05, 3.63) is 24.2 Å². The van der Waals surface area contributed by atoms with Crippen molar-refractivity contribution in [1.82, 2.24) is 14.6 Å². The fraction of sp³-hybridized carbons (Fsp3) is 0.562. The van der Waals surface area contributed by atoms with E-state index in [0.717, 1.165) is 10.5 Å². The van der Waals surface area contributed by atoms with Gasteiger partial charge in [-0.2, -0.15) is 10.4 Å². The average Bonchev–Trinajstić information content (AvgIpc) is 3.14. The van der Waals surface area contributed by atoms with E-state index in [4.69, 9.17) is 9.47 Å². The first-order valence-electron chi connectivity index (χ1n) is 7.61. The summed E-state index contributed by atoms with van der Waals surface area (Å²) >= 11 is 1.51. The van der Waals surface area contributed by atoms with Gasteiger partial charge in [0.2, 0.25) is 5.79 Å². The number of hydrogen-bond donors (Lipinski definition) is 1. The highest BCUT2D eigenvalue weighted by Gasteiger charge is 2.65. The van der Waals surface area contributed by atoms with E-state index < -0.39 is 17.3 Å². The standard InChI is InChI=1S/C16H20N4O3S/c1-10-12(7-21)23-16(22-3,15(10,2)8-17)13-6-5-11-14(24-4)18-9-19-20(11)13/h5-6,9-10,12,21H,7H2,1-4H3/t10-,12-,15-,16?/m1/s1. The Morgan fingerprint density at radius 1 is 1.54 bits per heavy atom. The number of methoxy groups -OCH3 is 1. The molecule has 1 fully saturated rings. The third-order valence-corrected chi connectivity index (χ3v) is 5.82. The lowest BCUT2D eigenvalue weighted by Gasteiger charge is -2.37. The molecule has 0 bridgehead atoms. The monoisotopic (exact) mass is 348 g/mol. The molecule has 2 aromatic heterocycles. The number of thioether (sulfide) groups is 1. The minimum absolute atomic E-state index is 0.183. The minimum Gasteiger partial charge on any atom is -0.394 e. The molecule has 2 aromatic rings. The number of aromatic nitrogens is 3.